The molecule has 5 heteroatoms. The number of benzene rings is 3. The zero-order valence-electron chi connectivity index (χ0n) is 16.9. The predicted molar refractivity (Wildman–Crippen MR) is 116 cm³/mol. The van der Waals surface area contributed by atoms with Crippen LogP contribution in [0.4, 0.5) is 4.79 Å². The number of aliphatic hydroxyl groups is 1. The molecule has 3 aromatic rings. The van der Waals surface area contributed by atoms with Crippen LogP contribution >= 0.6 is 0 Å². The number of nitrogens with one attached hydrogen (secondary N) is 1. The van der Waals surface area contributed by atoms with Gasteiger partial charge in [0.25, 0.3) is 0 Å². The first kappa shape index (κ1) is 20.0. The van der Waals surface area contributed by atoms with Crippen LogP contribution in [0.3, 0.4) is 0 Å². The molecule has 0 saturated carbocycles. The molecule has 1 atom stereocenters. The second-order valence-corrected chi connectivity index (χ2v) is 7.49. The van der Waals surface area contributed by atoms with E-state index in [1.54, 1.807) is 0 Å². The zero-order valence-corrected chi connectivity index (χ0v) is 16.9. The van der Waals surface area contributed by atoms with Crippen molar-refractivity contribution >= 4 is 6.09 Å². The van der Waals surface area contributed by atoms with Gasteiger partial charge in [-0.1, -0.05) is 60.7 Å². The van der Waals surface area contributed by atoms with Crippen LogP contribution in [0.2, 0.25) is 0 Å². The van der Waals surface area contributed by atoms with E-state index in [1.807, 2.05) is 55.5 Å². The number of ether oxygens (including phenoxy) is 2. The monoisotopic (exact) mass is 403 g/mol. The molecule has 0 saturated heterocycles. The molecule has 0 radical (unpaired) electrons. The number of fused-ring (bicyclic) bond motifs is 3. The normalized spacial score (nSPS) is 13.3. The summed E-state index contributed by atoms with van der Waals surface area (Å²) in [7, 11) is 0. The Hall–Kier alpha value is -3.31. The van der Waals surface area contributed by atoms with Crippen molar-refractivity contribution in [3.05, 3.63) is 89.5 Å². The number of carbonyl (C=O) groups excluding carboxylic acids is 1. The average Bonchev–Trinajstić information content (AvgIpc) is 3.09. The van der Waals surface area contributed by atoms with Crippen molar-refractivity contribution in [2.75, 3.05) is 19.8 Å². The Morgan fingerprint density at radius 2 is 1.67 bits per heavy atom. The third kappa shape index (κ3) is 4.47. The summed E-state index contributed by atoms with van der Waals surface area (Å²) in [5.74, 6) is 0.702. The minimum atomic E-state index is -0.828. The number of hydrogen-bond donors (Lipinski definition) is 2. The molecule has 0 aromatic heterocycles. The van der Waals surface area contributed by atoms with Crippen LogP contribution in [0.25, 0.3) is 11.1 Å². The maximum absolute atomic E-state index is 12.2. The SMILES string of the molecule is Cc1cccc(OCC(O)CNC(=O)OCC2c3ccccc3-c3ccccc32)c1. The number of aliphatic hydroxyl groups excluding tert-OH is 1. The van der Waals surface area contributed by atoms with Gasteiger partial charge in [-0.05, 0) is 46.9 Å². The van der Waals surface area contributed by atoms with Crippen LogP contribution in [-0.2, 0) is 4.74 Å². The molecule has 0 spiro atoms. The van der Waals surface area contributed by atoms with E-state index in [0.29, 0.717) is 5.75 Å². The molecule has 0 heterocycles. The minimum absolute atomic E-state index is 0.0118. The highest BCUT2D eigenvalue weighted by Crippen LogP contribution is 2.44. The molecule has 1 aliphatic carbocycles. The van der Waals surface area contributed by atoms with E-state index >= 15 is 0 Å². The van der Waals surface area contributed by atoms with Gasteiger partial charge in [-0.3, -0.25) is 0 Å². The van der Waals surface area contributed by atoms with Crippen LogP contribution < -0.4 is 10.1 Å². The number of alkyl carbamates (subject to hydrolysis) is 1. The lowest BCUT2D eigenvalue weighted by atomic mass is 9.98. The fourth-order valence-corrected chi connectivity index (χ4v) is 3.81. The summed E-state index contributed by atoms with van der Waals surface area (Å²) in [5.41, 5.74) is 5.78. The highest BCUT2D eigenvalue weighted by atomic mass is 16.5. The van der Waals surface area contributed by atoms with E-state index in [4.69, 9.17) is 9.47 Å². The average molecular weight is 403 g/mol. The first-order valence-corrected chi connectivity index (χ1v) is 10.1. The largest absolute Gasteiger partial charge is 0.491 e. The summed E-state index contributed by atoms with van der Waals surface area (Å²) in [5, 5.41) is 12.7. The second kappa shape index (κ2) is 9.01. The standard InChI is InChI=1S/C25H25NO4/c1-17-7-6-8-19(13-17)29-15-18(27)14-26-25(28)30-16-24-22-11-4-2-9-20(22)21-10-3-5-12-23(21)24/h2-13,18,24,27H,14-16H2,1H3,(H,26,28). The van der Waals surface area contributed by atoms with Gasteiger partial charge < -0.3 is 19.9 Å². The van der Waals surface area contributed by atoms with Crippen LogP contribution in [0, 0.1) is 6.92 Å². The Balaban J connectivity index is 1.27. The highest BCUT2D eigenvalue weighted by molar-refractivity contribution is 5.79. The van der Waals surface area contributed by atoms with Crippen molar-refractivity contribution in [3.63, 3.8) is 0 Å². The quantitative estimate of drug-likeness (QED) is 0.618. The Labute approximate surface area is 176 Å². The molecule has 2 N–H and O–H groups in total. The maximum Gasteiger partial charge on any atom is 0.407 e. The summed E-state index contributed by atoms with van der Waals surface area (Å²) in [6.07, 6.45) is -1.38. The van der Waals surface area contributed by atoms with Crippen LogP contribution in [0.15, 0.2) is 72.8 Å². The molecule has 0 fully saturated rings. The van der Waals surface area contributed by atoms with Crippen LogP contribution in [0.1, 0.15) is 22.6 Å². The number of rotatable bonds is 7. The van der Waals surface area contributed by atoms with Crippen LogP contribution in [-0.4, -0.2) is 37.1 Å². The van der Waals surface area contributed by atoms with Gasteiger partial charge in [0.05, 0.1) is 6.54 Å². The predicted octanol–water partition coefficient (Wildman–Crippen LogP) is 4.27. The highest BCUT2D eigenvalue weighted by Gasteiger charge is 2.29. The molecule has 5 nitrogen and oxygen atoms in total. The number of aryl methyl sites for hydroxylation is 1. The van der Waals surface area contributed by atoms with Crippen molar-refractivity contribution in [2.24, 2.45) is 0 Å². The van der Waals surface area contributed by atoms with Gasteiger partial charge in [-0.2, -0.15) is 0 Å². The smallest absolute Gasteiger partial charge is 0.407 e. The molecule has 1 amide bonds. The Morgan fingerprint density at radius 3 is 2.33 bits per heavy atom. The minimum Gasteiger partial charge on any atom is -0.491 e. The van der Waals surface area contributed by atoms with E-state index < -0.39 is 12.2 Å². The molecule has 0 aliphatic heterocycles. The summed E-state index contributed by atoms with van der Waals surface area (Å²) in [6.45, 7) is 2.37. The van der Waals surface area contributed by atoms with Gasteiger partial charge in [0.2, 0.25) is 0 Å². The topological polar surface area (TPSA) is 67.8 Å². The van der Waals surface area contributed by atoms with Gasteiger partial charge in [-0.25, -0.2) is 4.79 Å². The van der Waals surface area contributed by atoms with Crippen molar-refractivity contribution in [1.29, 1.82) is 0 Å². The second-order valence-electron chi connectivity index (χ2n) is 7.49. The van der Waals surface area contributed by atoms with E-state index in [-0.39, 0.29) is 25.7 Å². The lowest BCUT2D eigenvalue weighted by Crippen LogP contribution is -2.36. The van der Waals surface area contributed by atoms with Crippen molar-refractivity contribution in [1.82, 2.24) is 5.32 Å². The van der Waals surface area contributed by atoms with Crippen molar-refractivity contribution < 1.29 is 19.4 Å². The third-order valence-electron chi connectivity index (χ3n) is 5.26. The van der Waals surface area contributed by atoms with Gasteiger partial charge in [-0.15, -0.1) is 0 Å². The lowest BCUT2D eigenvalue weighted by molar-refractivity contribution is 0.0974. The molecular weight excluding hydrogens is 378 g/mol. The number of hydrogen-bond acceptors (Lipinski definition) is 4. The molecule has 1 unspecified atom stereocenters. The fraction of sp³-hybridized carbons (Fsp3) is 0.240. The van der Waals surface area contributed by atoms with E-state index in [9.17, 15) is 9.90 Å². The Bertz CT molecular complexity index is 987. The maximum atomic E-state index is 12.2. The molecule has 154 valence electrons. The summed E-state index contributed by atoms with van der Waals surface area (Å²) < 4.78 is 11.0. The molecule has 0 bridgehead atoms. The first-order chi connectivity index (χ1) is 14.6. The van der Waals surface area contributed by atoms with Gasteiger partial charge in [0.15, 0.2) is 0 Å². The molecule has 1 aliphatic rings. The summed E-state index contributed by atoms with van der Waals surface area (Å²) >= 11 is 0. The van der Waals surface area contributed by atoms with Gasteiger partial charge in [0, 0.05) is 5.92 Å². The molecule has 30 heavy (non-hydrogen) atoms. The van der Waals surface area contributed by atoms with Crippen molar-refractivity contribution in [2.45, 2.75) is 18.9 Å². The fourth-order valence-electron chi connectivity index (χ4n) is 3.81. The van der Waals surface area contributed by atoms with E-state index in [2.05, 4.69) is 29.6 Å². The molecule has 3 aromatic carbocycles. The Kier molecular flexibility index (Phi) is 6.00. The summed E-state index contributed by atoms with van der Waals surface area (Å²) in [4.78, 5) is 12.2. The van der Waals surface area contributed by atoms with Crippen molar-refractivity contribution in [3.8, 4) is 16.9 Å². The number of carbonyl (C=O) groups is 1. The molecule has 4 rings (SSSR count). The summed E-state index contributed by atoms with van der Waals surface area (Å²) in [6, 6.07) is 24.0. The lowest BCUT2D eigenvalue weighted by Gasteiger charge is -2.16. The zero-order chi connectivity index (χ0) is 20.9. The van der Waals surface area contributed by atoms with Gasteiger partial charge >= 0.3 is 6.09 Å². The Morgan fingerprint density at radius 1 is 1.00 bits per heavy atom. The first-order valence-electron chi connectivity index (χ1n) is 10.1. The number of amides is 1. The third-order valence-corrected chi connectivity index (χ3v) is 5.26. The van der Waals surface area contributed by atoms with Gasteiger partial charge in [0.1, 0.15) is 25.1 Å². The van der Waals surface area contributed by atoms with E-state index in [1.165, 1.54) is 11.1 Å². The molecular formula is C25H25NO4. The van der Waals surface area contributed by atoms with Crippen LogP contribution in [0.5, 0.6) is 5.75 Å². The van der Waals surface area contributed by atoms with E-state index in [0.717, 1.165) is 16.7 Å².